The van der Waals surface area contributed by atoms with Crippen molar-refractivity contribution in [3.05, 3.63) is 0 Å². The molecule has 0 aromatic heterocycles. The van der Waals surface area contributed by atoms with E-state index >= 15 is 0 Å². The third-order valence-corrected chi connectivity index (χ3v) is 6.75. The summed E-state index contributed by atoms with van der Waals surface area (Å²) in [5, 5.41) is 0. The molecule has 3 heteroatoms. The Morgan fingerprint density at radius 1 is 1.38 bits per heavy atom. The van der Waals surface area contributed by atoms with Crippen LogP contribution >= 0.6 is 11.6 Å². The molecule has 0 bridgehead atoms. The van der Waals surface area contributed by atoms with E-state index in [4.69, 9.17) is 11.6 Å². The van der Waals surface area contributed by atoms with Crippen LogP contribution in [0.4, 0.5) is 0 Å². The molecule has 0 aliphatic carbocycles. The molecule has 0 spiro atoms. The van der Waals surface area contributed by atoms with E-state index in [9.17, 15) is 0 Å². The van der Waals surface area contributed by atoms with Gasteiger partial charge in [-0.05, 0) is 0 Å². The van der Waals surface area contributed by atoms with Crippen molar-refractivity contribution in [1.29, 1.82) is 0 Å². The van der Waals surface area contributed by atoms with Gasteiger partial charge in [0, 0.05) is 13.6 Å². The summed E-state index contributed by atoms with van der Waals surface area (Å²) >= 11 is 5.54. The number of hydrogen-bond donors (Lipinski definition) is 0. The highest BCUT2D eigenvalue weighted by Crippen LogP contribution is 2.05. The van der Waals surface area contributed by atoms with Gasteiger partial charge in [0.1, 0.15) is 0 Å². The van der Waals surface area contributed by atoms with Crippen LogP contribution in [0.15, 0.2) is 0 Å². The minimum Gasteiger partial charge on any atom is -0.131 e. The molecule has 8 heavy (non-hydrogen) atoms. The first-order valence-electron chi connectivity index (χ1n) is 2.83. The zero-order valence-corrected chi connectivity index (χ0v) is 8.55. The summed E-state index contributed by atoms with van der Waals surface area (Å²) in [5.41, 5.74) is 2.26. The summed E-state index contributed by atoms with van der Waals surface area (Å²) in [7, 11) is 0.243. The summed E-state index contributed by atoms with van der Waals surface area (Å²) in [4.78, 5) is 0. The zero-order valence-electron chi connectivity index (χ0n) is 5.79. The fraction of sp³-hybridized carbons (Fsp3) is 1.00. The zero-order chi connectivity index (χ0) is 6.62. The highest BCUT2D eigenvalue weighted by molar-refractivity contribution is 6.84. The van der Waals surface area contributed by atoms with Crippen molar-refractivity contribution in [3.8, 4) is 0 Å². The summed E-state index contributed by atoms with van der Waals surface area (Å²) in [6, 6.07) is 0. The topological polar surface area (TPSA) is 0 Å². The standard InChI is InChI=1S/C5H13ClSi2/c1-8(2,3)5-7-4-6/h4-5H2,1-3H3. The van der Waals surface area contributed by atoms with Crippen molar-refractivity contribution in [1.82, 2.24) is 0 Å². The molecule has 2 radical (unpaired) electrons. The van der Waals surface area contributed by atoms with E-state index in [1.165, 1.54) is 5.67 Å². The van der Waals surface area contributed by atoms with Crippen LogP contribution < -0.4 is 0 Å². The lowest BCUT2D eigenvalue weighted by molar-refractivity contribution is 1.62. The molecule has 48 valence electrons. The molecule has 0 fully saturated rings. The molecule has 0 aromatic rings. The fourth-order valence-corrected chi connectivity index (χ4v) is 4.65. The van der Waals surface area contributed by atoms with Crippen molar-refractivity contribution in [2.24, 2.45) is 0 Å². The van der Waals surface area contributed by atoms with Crippen LogP contribution in [0.25, 0.3) is 0 Å². The third-order valence-electron chi connectivity index (χ3n) is 0.750. The third kappa shape index (κ3) is 6.72. The van der Waals surface area contributed by atoms with Gasteiger partial charge in [-0.25, -0.2) is 0 Å². The molecule has 0 atom stereocenters. The monoisotopic (exact) mass is 164 g/mol. The average Bonchev–Trinajstić information content (AvgIpc) is 1.59. The molecule has 0 aromatic carbocycles. The van der Waals surface area contributed by atoms with Gasteiger partial charge in [-0.2, -0.15) is 0 Å². The first-order valence-corrected chi connectivity index (χ1v) is 8.48. The van der Waals surface area contributed by atoms with Gasteiger partial charge in [-0.3, -0.25) is 0 Å². The van der Waals surface area contributed by atoms with Gasteiger partial charge in [0.2, 0.25) is 0 Å². The van der Waals surface area contributed by atoms with Gasteiger partial charge in [0.25, 0.3) is 0 Å². The maximum absolute atomic E-state index is 5.54. The van der Waals surface area contributed by atoms with E-state index in [1.54, 1.807) is 0 Å². The summed E-state index contributed by atoms with van der Waals surface area (Å²) in [6.45, 7) is 7.14. The van der Waals surface area contributed by atoms with Gasteiger partial charge < -0.3 is 0 Å². The molecule has 0 aliphatic heterocycles. The lowest BCUT2D eigenvalue weighted by atomic mass is 11.7. The van der Waals surface area contributed by atoms with E-state index in [-0.39, 0.29) is 0 Å². The van der Waals surface area contributed by atoms with Crippen LogP contribution in [0, 0.1) is 0 Å². The van der Waals surface area contributed by atoms with Gasteiger partial charge >= 0.3 is 0 Å². The minimum atomic E-state index is -0.750. The second kappa shape index (κ2) is 3.69. The molecule has 0 saturated carbocycles. The predicted molar refractivity (Wildman–Crippen MR) is 44.6 cm³/mol. The first kappa shape index (κ1) is 8.72. The van der Waals surface area contributed by atoms with Crippen molar-refractivity contribution < 1.29 is 0 Å². The van der Waals surface area contributed by atoms with Gasteiger partial charge in [0.05, 0.1) is 9.52 Å². The van der Waals surface area contributed by atoms with Crippen molar-refractivity contribution in [3.63, 3.8) is 0 Å². The molecular formula is C5H13ClSi2. The minimum absolute atomic E-state index is 0.750. The van der Waals surface area contributed by atoms with Gasteiger partial charge in [0.15, 0.2) is 0 Å². The molecule has 0 nitrogen and oxygen atoms in total. The van der Waals surface area contributed by atoms with E-state index in [0.717, 1.165) is 15.0 Å². The Labute approximate surface area is 60.5 Å². The normalized spacial score (nSPS) is 12.0. The van der Waals surface area contributed by atoms with Crippen molar-refractivity contribution in [2.45, 2.75) is 25.3 Å². The number of hydrogen-bond acceptors (Lipinski definition) is 0. The fourth-order valence-electron chi connectivity index (χ4n) is 0.422. The van der Waals surface area contributed by atoms with Crippen LogP contribution in [-0.4, -0.2) is 23.1 Å². The molecular weight excluding hydrogens is 152 g/mol. The summed E-state index contributed by atoms with van der Waals surface area (Å²) in [6.07, 6.45) is 0. The maximum Gasteiger partial charge on any atom is 0.0545 e. The van der Waals surface area contributed by atoms with E-state index in [2.05, 4.69) is 19.6 Å². The largest absolute Gasteiger partial charge is 0.131 e. The van der Waals surface area contributed by atoms with E-state index < -0.39 is 8.07 Å². The van der Waals surface area contributed by atoms with Crippen molar-refractivity contribution in [2.75, 3.05) is 5.50 Å². The van der Waals surface area contributed by atoms with Gasteiger partial charge in [-0.1, -0.05) is 25.3 Å². The first-order chi connectivity index (χ1) is 3.56. The quantitative estimate of drug-likeness (QED) is 0.443. The van der Waals surface area contributed by atoms with Crippen LogP contribution in [0.1, 0.15) is 0 Å². The van der Waals surface area contributed by atoms with Crippen LogP contribution in [0.3, 0.4) is 0 Å². The Balaban J connectivity index is 3.11. The molecule has 0 N–H and O–H groups in total. The van der Waals surface area contributed by atoms with Crippen LogP contribution in [0.5, 0.6) is 0 Å². The number of halogens is 1. The highest BCUT2D eigenvalue weighted by Gasteiger charge is 2.11. The SMILES string of the molecule is C[Si](C)(C)C[Si]CCl. The average molecular weight is 165 g/mol. The molecule has 0 aliphatic rings. The molecule has 0 unspecified atom stereocenters. The second-order valence-corrected chi connectivity index (χ2v) is 11.2. The van der Waals surface area contributed by atoms with Gasteiger partial charge in [-0.15, -0.1) is 11.6 Å². The maximum atomic E-state index is 5.54. The molecule has 0 amide bonds. The Kier molecular flexibility index (Phi) is 4.03. The number of alkyl halides is 1. The van der Waals surface area contributed by atoms with E-state index in [0.29, 0.717) is 0 Å². The second-order valence-electron chi connectivity index (χ2n) is 3.12. The molecule has 0 rings (SSSR count). The Bertz CT molecular complexity index is 57.9. The Morgan fingerprint density at radius 3 is 2.00 bits per heavy atom. The lowest BCUT2D eigenvalue weighted by Gasteiger charge is -2.12. The Morgan fingerprint density at radius 2 is 1.88 bits per heavy atom. The summed E-state index contributed by atoms with van der Waals surface area (Å²) in [5.74, 6) is 0. The van der Waals surface area contributed by atoms with Crippen LogP contribution in [-0.2, 0) is 0 Å². The van der Waals surface area contributed by atoms with Crippen LogP contribution in [0.2, 0.25) is 25.3 Å². The van der Waals surface area contributed by atoms with E-state index in [1.807, 2.05) is 0 Å². The Hall–Kier alpha value is 0.724. The van der Waals surface area contributed by atoms with Crippen molar-refractivity contribution >= 4 is 29.2 Å². The predicted octanol–water partition coefficient (Wildman–Crippen LogP) is 2.18. The molecule has 0 saturated heterocycles. The summed E-state index contributed by atoms with van der Waals surface area (Å²) < 4.78 is 0. The molecule has 0 heterocycles. The smallest absolute Gasteiger partial charge is 0.0545 e. The lowest BCUT2D eigenvalue weighted by Crippen LogP contribution is -2.22. The number of rotatable bonds is 3. The highest BCUT2D eigenvalue weighted by atomic mass is 35.5.